The molecule has 0 bridgehead atoms. The van der Waals surface area contributed by atoms with Gasteiger partial charge in [-0.15, -0.1) is 0 Å². The highest BCUT2D eigenvalue weighted by Crippen LogP contribution is 2.30. The molecule has 0 radical (unpaired) electrons. The van der Waals surface area contributed by atoms with Gasteiger partial charge in [0, 0.05) is 12.1 Å². The Morgan fingerprint density at radius 1 is 1.06 bits per heavy atom. The van der Waals surface area contributed by atoms with Crippen LogP contribution < -0.4 is 5.32 Å². The first-order valence-electron chi connectivity index (χ1n) is 7.39. The maximum Gasteiger partial charge on any atom is 0.0584 e. The molecule has 1 unspecified atom stereocenters. The third-order valence-electron chi connectivity index (χ3n) is 4.16. The molecular formula is C15H31NO. The van der Waals surface area contributed by atoms with Crippen molar-refractivity contribution in [2.45, 2.75) is 71.9 Å². The zero-order valence-electron chi connectivity index (χ0n) is 12.1. The molecule has 0 aliphatic heterocycles. The van der Waals surface area contributed by atoms with Gasteiger partial charge < -0.3 is 10.4 Å². The largest absolute Gasteiger partial charge is 0.395 e. The van der Waals surface area contributed by atoms with E-state index < -0.39 is 0 Å². The molecule has 0 amide bonds. The standard InChI is InChI=1S/C15H31NO/c1-11(2)9-15(10-17)16-14-7-5-13(6-8-14)12(3)4/h11-17H,5-10H2,1-4H3. The Labute approximate surface area is 107 Å². The first kappa shape index (κ1) is 15.0. The quantitative estimate of drug-likeness (QED) is 0.748. The third-order valence-corrected chi connectivity index (χ3v) is 4.16. The highest BCUT2D eigenvalue weighted by Gasteiger charge is 2.24. The van der Waals surface area contributed by atoms with Crippen LogP contribution >= 0.6 is 0 Å². The van der Waals surface area contributed by atoms with Crippen LogP contribution in [0.2, 0.25) is 0 Å². The van der Waals surface area contributed by atoms with E-state index in [0.29, 0.717) is 18.0 Å². The minimum Gasteiger partial charge on any atom is -0.395 e. The van der Waals surface area contributed by atoms with Crippen LogP contribution in [-0.2, 0) is 0 Å². The van der Waals surface area contributed by atoms with E-state index in [4.69, 9.17) is 0 Å². The number of aliphatic hydroxyl groups excluding tert-OH is 1. The van der Waals surface area contributed by atoms with E-state index in [1.54, 1.807) is 0 Å². The molecule has 0 aromatic rings. The number of rotatable bonds is 6. The fourth-order valence-corrected chi connectivity index (χ4v) is 3.05. The lowest BCUT2D eigenvalue weighted by Gasteiger charge is -2.33. The highest BCUT2D eigenvalue weighted by molar-refractivity contribution is 4.81. The van der Waals surface area contributed by atoms with Crippen LogP contribution in [0.25, 0.3) is 0 Å². The Kier molecular flexibility index (Phi) is 6.50. The van der Waals surface area contributed by atoms with Crippen LogP contribution in [-0.4, -0.2) is 23.8 Å². The molecule has 0 aromatic carbocycles. The molecule has 0 saturated heterocycles. The van der Waals surface area contributed by atoms with Gasteiger partial charge in [0.1, 0.15) is 0 Å². The smallest absolute Gasteiger partial charge is 0.0584 e. The number of aliphatic hydroxyl groups is 1. The number of nitrogens with one attached hydrogen (secondary N) is 1. The van der Waals surface area contributed by atoms with Crippen LogP contribution in [0, 0.1) is 17.8 Å². The van der Waals surface area contributed by atoms with Crippen molar-refractivity contribution in [3.8, 4) is 0 Å². The van der Waals surface area contributed by atoms with Crippen LogP contribution in [0.15, 0.2) is 0 Å². The summed E-state index contributed by atoms with van der Waals surface area (Å²) < 4.78 is 0. The van der Waals surface area contributed by atoms with Gasteiger partial charge in [0.05, 0.1) is 6.61 Å². The van der Waals surface area contributed by atoms with Gasteiger partial charge in [-0.2, -0.15) is 0 Å². The summed E-state index contributed by atoms with van der Waals surface area (Å²) in [5.74, 6) is 2.41. The molecule has 0 spiro atoms. The predicted molar refractivity (Wildman–Crippen MR) is 74.0 cm³/mol. The summed E-state index contributed by atoms with van der Waals surface area (Å²) in [4.78, 5) is 0. The van der Waals surface area contributed by atoms with Gasteiger partial charge in [0.2, 0.25) is 0 Å². The van der Waals surface area contributed by atoms with Gasteiger partial charge in [-0.1, -0.05) is 27.7 Å². The summed E-state index contributed by atoms with van der Waals surface area (Å²) in [7, 11) is 0. The van der Waals surface area contributed by atoms with Crippen molar-refractivity contribution in [2.75, 3.05) is 6.61 Å². The van der Waals surface area contributed by atoms with Crippen LogP contribution in [0.5, 0.6) is 0 Å². The summed E-state index contributed by atoms with van der Waals surface area (Å²) in [5, 5.41) is 13.0. The highest BCUT2D eigenvalue weighted by atomic mass is 16.3. The molecule has 2 nitrogen and oxygen atoms in total. The van der Waals surface area contributed by atoms with E-state index >= 15 is 0 Å². The molecule has 1 rings (SSSR count). The number of hydrogen-bond donors (Lipinski definition) is 2. The van der Waals surface area contributed by atoms with E-state index in [0.717, 1.165) is 18.3 Å². The topological polar surface area (TPSA) is 32.3 Å². The van der Waals surface area contributed by atoms with E-state index in [1.165, 1.54) is 25.7 Å². The summed E-state index contributed by atoms with van der Waals surface area (Å²) in [6, 6.07) is 0.941. The van der Waals surface area contributed by atoms with Gasteiger partial charge in [-0.25, -0.2) is 0 Å². The average molecular weight is 241 g/mol. The average Bonchev–Trinajstić information content (AvgIpc) is 2.28. The minimum atomic E-state index is 0.280. The predicted octanol–water partition coefficient (Wildman–Crippen LogP) is 3.20. The molecule has 17 heavy (non-hydrogen) atoms. The summed E-state index contributed by atoms with van der Waals surface area (Å²) in [6.45, 7) is 9.41. The lowest BCUT2D eigenvalue weighted by molar-refractivity contribution is 0.180. The van der Waals surface area contributed by atoms with Crippen molar-refractivity contribution in [3.63, 3.8) is 0 Å². The lowest BCUT2D eigenvalue weighted by Crippen LogP contribution is -2.43. The summed E-state index contributed by atoms with van der Waals surface area (Å²) in [6.07, 6.45) is 6.37. The van der Waals surface area contributed by atoms with Crippen molar-refractivity contribution in [3.05, 3.63) is 0 Å². The fourth-order valence-electron chi connectivity index (χ4n) is 3.05. The van der Waals surface area contributed by atoms with E-state index in [-0.39, 0.29) is 6.61 Å². The van der Waals surface area contributed by atoms with E-state index in [9.17, 15) is 5.11 Å². The zero-order chi connectivity index (χ0) is 12.8. The van der Waals surface area contributed by atoms with E-state index in [1.807, 2.05) is 0 Å². The van der Waals surface area contributed by atoms with Crippen molar-refractivity contribution in [1.82, 2.24) is 5.32 Å². The van der Waals surface area contributed by atoms with Gasteiger partial charge in [-0.05, 0) is 49.9 Å². The van der Waals surface area contributed by atoms with Gasteiger partial charge in [0.15, 0.2) is 0 Å². The van der Waals surface area contributed by atoms with E-state index in [2.05, 4.69) is 33.0 Å². The Hall–Kier alpha value is -0.0800. The molecule has 2 N–H and O–H groups in total. The van der Waals surface area contributed by atoms with Crippen LogP contribution in [0.3, 0.4) is 0 Å². The molecule has 1 aliphatic rings. The molecule has 1 saturated carbocycles. The Morgan fingerprint density at radius 2 is 1.65 bits per heavy atom. The second kappa shape index (κ2) is 7.38. The van der Waals surface area contributed by atoms with Crippen molar-refractivity contribution < 1.29 is 5.11 Å². The number of hydrogen-bond acceptors (Lipinski definition) is 2. The Morgan fingerprint density at radius 3 is 2.06 bits per heavy atom. The first-order valence-corrected chi connectivity index (χ1v) is 7.39. The second-order valence-electron chi connectivity index (χ2n) is 6.53. The van der Waals surface area contributed by atoms with Crippen molar-refractivity contribution in [2.24, 2.45) is 17.8 Å². The molecule has 1 fully saturated rings. The molecular weight excluding hydrogens is 210 g/mol. The minimum absolute atomic E-state index is 0.280. The maximum atomic E-state index is 9.38. The Balaban J connectivity index is 2.28. The second-order valence-corrected chi connectivity index (χ2v) is 6.53. The molecule has 0 heterocycles. The van der Waals surface area contributed by atoms with Crippen molar-refractivity contribution >= 4 is 0 Å². The normalized spacial score (nSPS) is 27.7. The van der Waals surface area contributed by atoms with Gasteiger partial charge in [-0.3, -0.25) is 0 Å². The first-order chi connectivity index (χ1) is 8.02. The van der Waals surface area contributed by atoms with Crippen LogP contribution in [0.4, 0.5) is 0 Å². The SMILES string of the molecule is CC(C)CC(CO)NC1CCC(C(C)C)CC1. The maximum absolute atomic E-state index is 9.38. The van der Waals surface area contributed by atoms with Gasteiger partial charge in [0.25, 0.3) is 0 Å². The molecule has 2 heteroatoms. The lowest BCUT2D eigenvalue weighted by atomic mass is 9.79. The molecule has 1 aliphatic carbocycles. The molecule has 1 atom stereocenters. The molecule has 102 valence electrons. The third kappa shape index (κ3) is 5.39. The van der Waals surface area contributed by atoms with Gasteiger partial charge >= 0.3 is 0 Å². The van der Waals surface area contributed by atoms with Crippen molar-refractivity contribution in [1.29, 1.82) is 0 Å². The Bertz CT molecular complexity index is 195. The summed E-state index contributed by atoms with van der Waals surface area (Å²) in [5.41, 5.74) is 0. The fraction of sp³-hybridized carbons (Fsp3) is 1.00. The zero-order valence-corrected chi connectivity index (χ0v) is 12.1. The monoisotopic (exact) mass is 241 g/mol. The molecule has 0 aromatic heterocycles. The summed E-state index contributed by atoms with van der Waals surface area (Å²) >= 11 is 0. The van der Waals surface area contributed by atoms with Crippen LogP contribution in [0.1, 0.15) is 59.8 Å².